The van der Waals surface area contributed by atoms with E-state index in [1.54, 1.807) is 6.92 Å². The van der Waals surface area contributed by atoms with E-state index in [0.717, 1.165) is 0 Å². The number of halogens is 3. The molecule has 0 fully saturated rings. The first-order valence-corrected chi connectivity index (χ1v) is 7.22. The molecule has 0 saturated heterocycles. The average Bonchev–Trinajstić information content (AvgIpc) is 2.38. The van der Waals surface area contributed by atoms with Crippen molar-refractivity contribution in [2.75, 3.05) is 0 Å². The maximum Gasteiger partial charge on any atom is 0.303 e. The maximum absolute atomic E-state index is 13.4. The van der Waals surface area contributed by atoms with E-state index in [2.05, 4.69) is 5.32 Å². The Bertz CT molecular complexity index is 537. The highest BCUT2D eigenvalue weighted by molar-refractivity contribution is 6.35. The SMILES string of the molecule is CC(NC(=O)CCCCC(=O)O)c1cc(F)c(Cl)cc1Cl. The fraction of sp³-hybridized carbons (Fsp3) is 0.429. The number of carbonyl (C=O) groups is 2. The first kappa shape index (κ1) is 17.7. The Morgan fingerprint density at radius 1 is 1.24 bits per heavy atom. The smallest absolute Gasteiger partial charge is 0.303 e. The standard InChI is InChI=1S/C14H16Cl2FNO3/c1-8(9-6-12(17)11(16)7-10(9)15)18-13(19)4-2-3-5-14(20)21/h6-8H,2-5H2,1H3,(H,18,19)(H,20,21). The summed E-state index contributed by atoms with van der Waals surface area (Å²) in [4.78, 5) is 22.1. The van der Waals surface area contributed by atoms with Crippen LogP contribution >= 0.6 is 23.2 Å². The number of carboxylic acids is 1. The molecule has 0 aliphatic carbocycles. The van der Waals surface area contributed by atoms with E-state index < -0.39 is 17.8 Å². The highest BCUT2D eigenvalue weighted by atomic mass is 35.5. The molecule has 0 radical (unpaired) electrons. The van der Waals surface area contributed by atoms with E-state index in [1.807, 2.05) is 0 Å². The minimum atomic E-state index is -0.882. The third kappa shape index (κ3) is 5.89. The Kier molecular flexibility index (Phi) is 6.92. The van der Waals surface area contributed by atoms with Crippen LogP contribution in [0.5, 0.6) is 0 Å². The minimum Gasteiger partial charge on any atom is -0.481 e. The third-order valence-corrected chi connectivity index (χ3v) is 3.55. The van der Waals surface area contributed by atoms with E-state index in [1.165, 1.54) is 12.1 Å². The van der Waals surface area contributed by atoms with Crippen LogP contribution in [0.3, 0.4) is 0 Å². The summed E-state index contributed by atoms with van der Waals surface area (Å²) < 4.78 is 13.4. The van der Waals surface area contributed by atoms with Crippen molar-refractivity contribution < 1.29 is 19.1 Å². The average molecular weight is 336 g/mol. The summed E-state index contributed by atoms with van der Waals surface area (Å²) in [5, 5.41) is 11.4. The van der Waals surface area contributed by atoms with Crippen LogP contribution in [0.25, 0.3) is 0 Å². The molecule has 0 aliphatic rings. The van der Waals surface area contributed by atoms with Gasteiger partial charge in [-0.3, -0.25) is 9.59 Å². The van der Waals surface area contributed by atoms with Crippen LogP contribution in [0.4, 0.5) is 4.39 Å². The fourth-order valence-corrected chi connectivity index (χ4v) is 2.37. The van der Waals surface area contributed by atoms with E-state index >= 15 is 0 Å². The second kappa shape index (κ2) is 8.20. The zero-order chi connectivity index (χ0) is 16.0. The second-order valence-electron chi connectivity index (χ2n) is 4.68. The molecule has 116 valence electrons. The van der Waals surface area contributed by atoms with Crippen molar-refractivity contribution >= 4 is 35.1 Å². The van der Waals surface area contributed by atoms with Gasteiger partial charge in [-0.05, 0) is 37.5 Å². The van der Waals surface area contributed by atoms with Crippen molar-refractivity contribution in [3.63, 3.8) is 0 Å². The van der Waals surface area contributed by atoms with Crippen molar-refractivity contribution in [2.24, 2.45) is 0 Å². The summed E-state index contributed by atoms with van der Waals surface area (Å²) in [6.07, 6.45) is 1.17. The van der Waals surface area contributed by atoms with Crippen LogP contribution in [-0.2, 0) is 9.59 Å². The number of amides is 1. The molecule has 0 saturated carbocycles. The lowest BCUT2D eigenvalue weighted by molar-refractivity contribution is -0.137. The Morgan fingerprint density at radius 3 is 2.48 bits per heavy atom. The van der Waals surface area contributed by atoms with Crippen LogP contribution in [0.2, 0.25) is 10.0 Å². The molecule has 7 heteroatoms. The lowest BCUT2D eigenvalue weighted by Crippen LogP contribution is -2.26. The number of carboxylic acid groups (broad SMARTS) is 1. The maximum atomic E-state index is 13.4. The predicted octanol–water partition coefficient (Wildman–Crippen LogP) is 3.95. The number of nitrogens with one attached hydrogen (secondary N) is 1. The van der Waals surface area contributed by atoms with Gasteiger partial charge in [-0.25, -0.2) is 4.39 Å². The van der Waals surface area contributed by atoms with Crippen molar-refractivity contribution in [2.45, 2.75) is 38.6 Å². The van der Waals surface area contributed by atoms with Gasteiger partial charge in [0.15, 0.2) is 0 Å². The van der Waals surface area contributed by atoms with Crippen molar-refractivity contribution in [3.05, 3.63) is 33.6 Å². The van der Waals surface area contributed by atoms with Crippen molar-refractivity contribution in [1.29, 1.82) is 0 Å². The van der Waals surface area contributed by atoms with Gasteiger partial charge in [0, 0.05) is 17.9 Å². The number of rotatable bonds is 7. The Balaban J connectivity index is 2.53. The molecule has 1 amide bonds. The molecule has 1 unspecified atom stereocenters. The molecule has 0 bridgehead atoms. The van der Waals surface area contributed by atoms with Crippen LogP contribution < -0.4 is 5.32 Å². The topological polar surface area (TPSA) is 66.4 Å². The Hall–Kier alpha value is -1.33. The molecular formula is C14H16Cl2FNO3. The lowest BCUT2D eigenvalue weighted by atomic mass is 10.1. The van der Waals surface area contributed by atoms with Crippen molar-refractivity contribution in [1.82, 2.24) is 5.32 Å². The van der Waals surface area contributed by atoms with Gasteiger partial charge in [0.05, 0.1) is 11.1 Å². The van der Waals surface area contributed by atoms with Crippen LogP contribution in [0.1, 0.15) is 44.2 Å². The monoisotopic (exact) mass is 335 g/mol. The molecule has 21 heavy (non-hydrogen) atoms. The summed E-state index contributed by atoms with van der Waals surface area (Å²) in [5.41, 5.74) is 0.442. The molecular weight excluding hydrogens is 320 g/mol. The molecule has 0 aromatic heterocycles. The Labute approximate surface area is 132 Å². The van der Waals surface area contributed by atoms with Crippen LogP contribution in [-0.4, -0.2) is 17.0 Å². The molecule has 1 aromatic rings. The van der Waals surface area contributed by atoms with Gasteiger partial charge in [0.2, 0.25) is 5.91 Å². The largest absolute Gasteiger partial charge is 0.481 e. The van der Waals surface area contributed by atoms with E-state index in [9.17, 15) is 14.0 Å². The predicted molar refractivity (Wildman–Crippen MR) is 79.1 cm³/mol. The van der Waals surface area contributed by atoms with Gasteiger partial charge < -0.3 is 10.4 Å². The second-order valence-corrected chi connectivity index (χ2v) is 5.49. The highest BCUT2D eigenvalue weighted by Crippen LogP contribution is 2.28. The van der Waals surface area contributed by atoms with Gasteiger partial charge in [-0.1, -0.05) is 23.2 Å². The normalized spacial score (nSPS) is 12.0. The number of aliphatic carboxylic acids is 1. The van der Waals surface area contributed by atoms with Crippen LogP contribution in [0, 0.1) is 5.82 Å². The summed E-state index contributed by atoms with van der Waals surface area (Å²) in [6, 6.07) is 2.03. The van der Waals surface area contributed by atoms with Gasteiger partial charge >= 0.3 is 5.97 Å². The highest BCUT2D eigenvalue weighted by Gasteiger charge is 2.15. The number of hydrogen-bond acceptors (Lipinski definition) is 2. The van der Waals surface area contributed by atoms with Gasteiger partial charge in [0.1, 0.15) is 5.82 Å². The molecule has 0 aliphatic heterocycles. The van der Waals surface area contributed by atoms with E-state index in [-0.39, 0.29) is 28.8 Å². The molecule has 1 rings (SSSR count). The molecule has 1 aromatic carbocycles. The molecule has 0 spiro atoms. The molecule has 2 N–H and O–H groups in total. The quantitative estimate of drug-likeness (QED) is 0.585. The number of hydrogen-bond donors (Lipinski definition) is 2. The number of unbranched alkanes of at least 4 members (excludes halogenated alkanes) is 1. The third-order valence-electron chi connectivity index (χ3n) is 2.93. The molecule has 0 heterocycles. The van der Waals surface area contributed by atoms with Gasteiger partial charge in [0.25, 0.3) is 0 Å². The summed E-state index contributed by atoms with van der Waals surface area (Å²) in [5.74, 6) is -1.72. The first-order valence-electron chi connectivity index (χ1n) is 6.47. The molecule has 1 atom stereocenters. The van der Waals surface area contributed by atoms with Crippen molar-refractivity contribution in [3.8, 4) is 0 Å². The van der Waals surface area contributed by atoms with E-state index in [4.69, 9.17) is 28.3 Å². The number of benzene rings is 1. The zero-order valence-corrected chi connectivity index (χ0v) is 13.0. The fourth-order valence-electron chi connectivity index (χ4n) is 1.82. The summed E-state index contributed by atoms with van der Waals surface area (Å²) in [6.45, 7) is 1.68. The first-order chi connectivity index (χ1) is 9.81. The van der Waals surface area contributed by atoms with E-state index in [0.29, 0.717) is 18.4 Å². The number of carbonyl (C=O) groups excluding carboxylic acids is 1. The van der Waals surface area contributed by atoms with Gasteiger partial charge in [-0.15, -0.1) is 0 Å². The molecule has 4 nitrogen and oxygen atoms in total. The lowest BCUT2D eigenvalue weighted by Gasteiger charge is -2.16. The van der Waals surface area contributed by atoms with Gasteiger partial charge in [-0.2, -0.15) is 0 Å². The Morgan fingerprint density at radius 2 is 1.86 bits per heavy atom. The zero-order valence-electron chi connectivity index (χ0n) is 11.5. The summed E-state index contributed by atoms with van der Waals surface area (Å²) >= 11 is 11.6. The van der Waals surface area contributed by atoms with Crippen LogP contribution in [0.15, 0.2) is 12.1 Å². The minimum absolute atomic E-state index is 0.0387. The summed E-state index contributed by atoms with van der Waals surface area (Å²) in [7, 11) is 0.